The molecule has 1 saturated heterocycles. The molecule has 1 aliphatic heterocycles. The van der Waals surface area contributed by atoms with Gasteiger partial charge in [0.2, 0.25) is 0 Å². The highest BCUT2D eigenvalue weighted by Gasteiger charge is 2.35. The molecule has 0 bridgehead atoms. The van der Waals surface area contributed by atoms with Gasteiger partial charge in [-0.25, -0.2) is 4.79 Å². The van der Waals surface area contributed by atoms with Crippen molar-refractivity contribution in [2.24, 2.45) is 0 Å². The zero-order valence-electron chi connectivity index (χ0n) is 9.50. The van der Waals surface area contributed by atoms with Crippen LogP contribution in [0.4, 0.5) is 4.79 Å². The van der Waals surface area contributed by atoms with Gasteiger partial charge < -0.3 is 20.5 Å². The van der Waals surface area contributed by atoms with Crippen molar-refractivity contribution in [3.63, 3.8) is 0 Å². The third kappa shape index (κ3) is 2.65. The van der Waals surface area contributed by atoms with E-state index in [2.05, 4.69) is 10.6 Å². The van der Waals surface area contributed by atoms with E-state index in [1.807, 2.05) is 0 Å². The van der Waals surface area contributed by atoms with Crippen molar-refractivity contribution in [2.45, 2.75) is 43.7 Å². The maximum Gasteiger partial charge on any atom is 0.315 e. The van der Waals surface area contributed by atoms with Gasteiger partial charge >= 0.3 is 6.03 Å². The number of ether oxygens (including phenoxy) is 1. The lowest BCUT2D eigenvalue weighted by Gasteiger charge is -2.28. The first-order valence-electron chi connectivity index (χ1n) is 6.01. The highest BCUT2D eigenvalue weighted by atomic mass is 16.5. The molecule has 2 fully saturated rings. The van der Waals surface area contributed by atoms with Crippen molar-refractivity contribution in [3.05, 3.63) is 0 Å². The summed E-state index contributed by atoms with van der Waals surface area (Å²) in [5, 5.41) is 15.2. The van der Waals surface area contributed by atoms with Gasteiger partial charge in [0.25, 0.3) is 0 Å². The lowest BCUT2D eigenvalue weighted by atomic mass is 9.99. The Morgan fingerprint density at radius 1 is 1.44 bits per heavy atom. The monoisotopic (exact) mass is 228 g/mol. The van der Waals surface area contributed by atoms with Crippen LogP contribution in [0.5, 0.6) is 0 Å². The number of amides is 2. The summed E-state index contributed by atoms with van der Waals surface area (Å²) < 4.78 is 5.19. The minimum atomic E-state index is -0.385. The van der Waals surface area contributed by atoms with Gasteiger partial charge in [0.15, 0.2) is 0 Å². The number of rotatable bonds is 3. The lowest BCUT2D eigenvalue weighted by molar-refractivity contribution is 0.159. The van der Waals surface area contributed by atoms with Gasteiger partial charge in [-0.1, -0.05) is 12.8 Å². The average Bonchev–Trinajstić information content (AvgIpc) is 2.90. The van der Waals surface area contributed by atoms with E-state index in [9.17, 15) is 9.90 Å². The molecule has 0 aromatic heterocycles. The van der Waals surface area contributed by atoms with Crippen LogP contribution in [0.3, 0.4) is 0 Å². The quantitative estimate of drug-likeness (QED) is 0.654. The smallest absolute Gasteiger partial charge is 0.315 e. The van der Waals surface area contributed by atoms with Crippen LogP contribution in [0.25, 0.3) is 0 Å². The number of hydrogen-bond acceptors (Lipinski definition) is 3. The molecule has 2 amide bonds. The highest BCUT2D eigenvalue weighted by Crippen LogP contribution is 2.28. The Kier molecular flexibility index (Phi) is 3.66. The summed E-state index contributed by atoms with van der Waals surface area (Å²) in [6.07, 6.45) is 4.77. The van der Waals surface area contributed by atoms with Crippen molar-refractivity contribution in [1.29, 1.82) is 0 Å². The lowest BCUT2D eigenvalue weighted by Crippen LogP contribution is -2.54. The Bertz CT molecular complexity index is 246. The molecule has 1 unspecified atom stereocenters. The average molecular weight is 228 g/mol. The summed E-state index contributed by atoms with van der Waals surface area (Å²) in [5.74, 6) is 0. The van der Waals surface area contributed by atoms with Gasteiger partial charge in [-0.15, -0.1) is 0 Å². The van der Waals surface area contributed by atoms with Crippen LogP contribution in [0.15, 0.2) is 0 Å². The predicted molar refractivity (Wildman–Crippen MR) is 59.2 cm³/mol. The molecule has 0 aromatic rings. The number of carbonyl (C=O) groups is 1. The van der Waals surface area contributed by atoms with Gasteiger partial charge in [0, 0.05) is 6.61 Å². The van der Waals surface area contributed by atoms with Gasteiger partial charge in [-0.3, -0.25) is 0 Å². The van der Waals surface area contributed by atoms with Crippen LogP contribution in [-0.2, 0) is 4.74 Å². The van der Waals surface area contributed by atoms with Crippen molar-refractivity contribution in [2.75, 3.05) is 19.8 Å². The van der Waals surface area contributed by atoms with Gasteiger partial charge in [0.1, 0.15) is 0 Å². The maximum atomic E-state index is 11.7. The molecule has 2 aliphatic rings. The van der Waals surface area contributed by atoms with E-state index < -0.39 is 0 Å². The van der Waals surface area contributed by atoms with Crippen LogP contribution < -0.4 is 10.6 Å². The highest BCUT2D eigenvalue weighted by molar-refractivity contribution is 5.75. The Balaban J connectivity index is 1.80. The first-order valence-corrected chi connectivity index (χ1v) is 6.01. The molecule has 0 spiro atoms. The standard InChI is InChI=1S/C11H20N2O3/c14-8-11(4-1-2-5-11)13-10(15)12-9-3-6-16-7-9/h9,14H,1-8H2,(H2,12,13,15). The summed E-state index contributed by atoms with van der Waals surface area (Å²) in [4.78, 5) is 11.7. The first-order chi connectivity index (χ1) is 7.74. The number of aliphatic hydroxyl groups is 1. The van der Waals surface area contributed by atoms with Crippen molar-refractivity contribution in [1.82, 2.24) is 10.6 Å². The van der Waals surface area contributed by atoms with E-state index in [0.29, 0.717) is 6.61 Å². The topological polar surface area (TPSA) is 70.6 Å². The fourth-order valence-corrected chi connectivity index (χ4v) is 2.49. The SMILES string of the molecule is O=C(NC1CCOC1)NC1(CO)CCCC1. The third-order valence-corrected chi connectivity index (χ3v) is 3.51. The molecule has 5 heteroatoms. The van der Waals surface area contributed by atoms with Crippen LogP contribution >= 0.6 is 0 Å². The zero-order chi connectivity index (χ0) is 11.4. The Labute approximate surface area is 95.5 Å². The Hall–Kier alpha value is -0.810. The Morgan fingerprint density at radius 3 is 2.75 bits per heavy atom. The molecule has 5 nitrogen and oxygen atoms in total. The molecular weight excluding hydrogens is 208 g/mol. The number of urea groups is 1. The summed E-state index contributed by atoms with van der Waals surface area (Å²) in [6.45, 7) is 1.34. The normalized spacial score (nSPS) is 27.9. The van der Waals surface area contributed by atoms with E-state index in [1.165, 1.54) is 0 Å². The van der Waals surface area contributed by atoms with Crippen molar-refractivity contribution in [3.8, 4) is 0 Å². The molecular formula is C11H20N2O3. The second kappa shape index (κ2) is 5.01. The fourth-order valence-electron chi connectivity index (χ4n) is 2.49. The molecule has 1 atom stereocenters. The first kappa shape index (κ1) is 11.7. The predicted octanol–water partition coefficient (Wildman–Crippen LogP) is 0.380. The van der Waals surface area contributed by atoms with Crippen molar-refractivity contribution < 1.29 is 14.6 Å². The summed E-state index contributed by atoms with van der Waals surface area (Å²) in [6, 6.07) is -0.0522. The zero-order valence-corrected chi connectivity index (χ0v) is 9.50. The minimum absolute atomic E-state index is 0.0294. The van der Waals surface area contributed by atoms with E-state index in [-0.39, 0.29) is 24.2 Å². The van der Waals surface area contributed by atoms with E-state index in [4.69, 9.17) is 4.74 Å². The molecule has 16 heavy (non-hydrogen) atoms. The molecule has 92 valence electrons. The molecule has 2 rings (SSSR count). The minimum Gasteiger partial charge on any atom is -0.394 e. The second-order valence-corrected chi connectivity index (χ2v) is 4.80. The largest absolute Gasteiger partial charge is 0.394 e. The molecule has 0 aromatic carbocycles. The summed E-state index contributed by atoms with van der Waals surface area (Å²) >= 11 is 0. The van der Waals surface area contributed by atoms with Gasteiger partial charge in [0.05, 0.1) is 24.8 Å². The van der Waals surface area contributed by atoms with Crippen LogP contribution in [0, 0.1) is 0 Å². The molecule has 0 radical (unpaired) electrons. The number of nitrogens with one attached hydrogen (secondary N) is 2. The van der Waals surface area contributed by atoms with E-state index >= 15 is 0 Å². The van der Waals surface area contributed by atoms with Crippen LogP contribution in [0.2, 0.25) is 0 Å². The van der Waals surface area contributed by atoms with Crippen LogP contribution in [0.1, 0.15) is 32.1 Å². The molecule has 3 N–H and O–H groups in total. The molecule has 1 saturated carbocycles. The molecule has 1 aliphatic carbocycles. The van der Waals surface area contributed by atoms with Gasteiger partial charge in [-0.2, -0.15) is 0 Å². The van der Waals surface area contributed by atoms with Crippen molar-refractivity contribution >= 4 is 6.03 Å². The summed E-state index contributed by atoms with van der Waals surface area (Å²) in [7, 11) is 0. The van der Waals surface area contributed by atoms with Crippen LogP contribution in [-0.4, -0.2) is 42.5 Å². The van der Waals surface area contributed by atoms with E-state index in [1.54, 1.807) is 0 Å². The number of carbonyl (C=O) groups excluding carboxylic acids is 1. The number of aliphatic hydroxyl groups excluding tert-OH is 1. The van der Waals surface area contributed by atoms with Gasteiger partial charge in [-0.05, 0) is 19.3 Å². The number of hydrogen-bond donors (Lipinski definition) is 3. The third-order valence-electron chi connectivity index (χ3n) is 3.51. The second-order valence-electron chi connectivity index (χ2n) is 4.80. The fraction of sp³-hybridized carbons (Fsp3) is 0.909. The Morgan fingerprint density at radius 2 is 2.19 bits per heavy atom. The van der Waals surface area contributed by atoms with E-state index in [0.717, 1.165) is 38.7 Å². The summed E-state index contributed by atoms with van der Waals surface area (Å²) in [5.41, 5.74) is -0.385. The maximum absolute atomic E-state index is 11.7. The molecule has 1 heterocycles.